The molecule has 3 atom stereocenters. The van der Waals surface area contributed by atoms with Crippen molar-refractivity contribution in [3.05, 3.63) is 83.4 Å². The Hall–Kier alpha value is -2.45. The number of aldehydes is 1. The van der Waals surface area contributed by atoms with Gasteiger partial charge in [-0.3, -0.25) is 4.79 Å². The number of carbonyl (C=O) groups excluding carboxylic acids is 1. The molecule has 1 aliphatic carbocycles. The molecule has 3 aromatic rings. The Bertz CT molecular complexity index is 910. The van der Waals surface area contributed by atoms with E-state index in [0.29, 0.717) is 18.0 Å². The molecule has 1 N–H and O–H groups in total. The third-order valence-corrected chi connectivity index (χ3v) is 5.99. The highest BCUT2D eigenvalue weighted by Crippen LogP contribution is 2.34. The monoisotopic (exact) mass is 357 g/mol. The van der Waals surface area contributed by atoms with Gasteiger partial charge < -0.3 is 5.32 Å². The Balaban J connectivity index is 1.47. The van der Waals surface area contributed by atoms with Crippen LogP contribution < -0.4 is 5.32 Å². The minimum Gasteiger partial charge on any atom is -0.307 e. The number of rotatable bonds is 5. The molecule has 4 rings (SSSR count). The van der Waals surface area contributed by atoms with Crippen LogP contribution in [0.5, 0.6) is 0 Å². The number of carbonyl (C=O) groups is 1. The molecular weight excluding hydrogens is 330 g/mol. The van der Waals surface area contributed by atoms with Crippen molar-refractivity contribution >= 4 is 17.1 Å². The van der Waals surface area contributed by atoms with E-state index in [1.807, 2.05) is 12.1 Å². The van der Waals surface area contributed by atoms with E-state index in [1.165, 1.54) is 41.2 Å². The Morgan fingerprint density at radius 2 is 1.74 bits per heavy atom. The smallest absolute Gasteiger partial charge is 0.150 e. The van der Waals surface area contributed by atoms with Gasteiger partial charge in [0.2, 0.25) is 0 Å². The number of fused-ring (bicyclic) bond motifs is 1. The van der Waals surface area contributed by atoms with Crippen molar-refractivity contribution in [3.8, 4) is 0 Å². The molecule has 0 heterocycles. The van der Waals surface area contributed by atoms with Crippen molar-refractivity contribution in [2.45, 2.75) is 50.6 Å². The molecule has 0 saturated heterocycles. The number of hydrogen-bond donors (Lipinski definition) is 1. The van der Waals surface area contributed by atoms with Gasteiger partial charge in [0.25, 0.3) is 0 Å². The van der Waals surface area contributed by atoms with E-state index in [1.54, 1.807) is 0 Å². The van der Waals surface area contributed by atoms with E-state index in [9.17, 15) is 4.79 Å². The van der Waals surface area contributed by atoms with Gasteiger partial charge in [-0.2, -0.15) is 0 Å². The lowest BCUT2D eigenvalue weighted by Crippen LogP contribution is -2.35. The van der Waals surface area contributed by atoms with Crippen molar-refractivity contribution in [1.29, 1.82) is 0 Å². The quantitative estimate of drug-likeness (QED) is 0.565. The van der Waals surface area contributed by atoms with Gasteiger partial charge >= 0.3 is 0 Å². The summed E-state index contributed by atoms with van der Waals surface area (Å²) in [6.45, 7) is 2.28. The van der Waals surface area contributed by atoms with Crippen LogP contribution in [0.3, 0.4) is 0 Å². The van der Waals surface area contributed by atoms with E-state index in [2.05, 4.69) is 66.8 Å². The van der Waals surface area contributed by atoms with Gasteiger partial charge in [-0.1, -0.05) is 73.2 Å². The first-order valence-electron chi connectivity index (χ1n) is 10.0. The Labute approximate surface area is 161 Å². The van der Waals surface area contributed by atoms with E-state index in [-0.39, 0.29) is 0 Å². The minimum atomic E-state index is 0.331. The Kier molecular flexibility index (Phi) is 5.35. The van der Waals surface area contributed by atoms with Crippen LogP contribution in [0.25, 0.3) is 10.8 Å². The summed E-state index contributed by atoms with van der Waals surface area (Å²) in [6.07, 6.45) is 5.80. The van der Waals surface area contributed by atoms with Crippen molar-refractivity contribution in [2.24, 2.45) is 0 Å². The minimum absolute atomic E-state index is 0.331. The van der Waals surface area contributed by atoms with Crippen LogP contribution in [-0.2, 0) is 0 Å². The highest BCUT2D eigenvalue weighted by Gasteiger charge is 2.24. The highest BCUT2D eigenvalue weighted by molar-refractivity contribution is 5.86. The first kappa shape index (κ1) is 17.9. The van der Waals surface area contributed by atoms with Crippen LogP contribution >= 0.6 is 0 Å². The molecule has 1 aliphatic rings. The van der Waals surface area contributed by atoms with Gasteiger partial charge in [-0.15, -0.1) is 0 Å². The van der Waals surface area contributed by atoms with Crippen molar-refractivity contribution < 1.29 is 4.79 Å². The third-order valence-electron chi connectivity index (χ3n) is 5.99. The molecule has 0 aromatic heterocycles. The zero-order valence-corrected chi connectivity index (χ0v) is 15.9. The molecule has 0 amide bonds. The van der Waals surface area contributed by atoms with E-state index >= 15 is 0 Å². The first-order valence-corrected chi connectivity index (χ1v) is 10.0. The molecule has 3 aromatic carbocycles. The molecule has 0 bridgehead atoms. The van der Waals surface area contributed by atoms with Gasteiger partial charge in [-0.05, 0) is 54.0 Å². The fourth-order valence-corrected chi connectivity index (χ4v) is 4.56. The average molecular weight is 357 g/mol. The van der Waals surface area contributed by atoms with Crippen molar-refractivity contribution in [3.63, 3.8) is 0 Å². The third kappa shape index (κ3) is 3.96. The van der Waals surface area contributed by atoms with Crippen LogP contribution in [0.1, 0.15) is 66.1 Å². The predicted octanol–water partition coefficient (Wildman–Crippen LogP) is 6.03. The van der Waals surface area contributed by atoms with Crippen LogP contribution in [0.4, 0.5) is 0 Å². The fourth-order valence-electron chi connectivity index (χ4n) is 4.56. The van der Waals surface area contributed by atoms with E-state index in [0.717, 1.165) is 18.3 Å². The summed E-state index contributed by atoms with van der Waals surface area (Å²) in [6, 6.07) is 24.2. The van der Waals surface area contributed by atoms with Crippen molar-refractivity contribution in [1.82, 2.24) is 5.32 Å². The molecule has 0 radical (unpaired) electrons. The SMILES string of the molecule is CC(NC1CCCC(c2ccc(C=O)cc2)C1)c1cccc2ccccc12. The van der Waals surface area contributed by atoms with Gasteiger partial charge in [0.1, 0.15) is 6.29 Å². The lowest BCUT2D eigenvalue weighted by molar-refractivity contribution is 0.112. The second-order valence-electron chi connectivity index (χ2n) is 7.80. The maximum Gasteiger partial charge on any atom is 0.150 e. The van der Waals surface area contributed by atoms with Gasteiger partial charge in [0.15, 0.2) is 0 Å². The summed E-state index contributed by atoms with van der Waals surface area (Å²) < 4.78 is 0. The summed E-state index contributed by atoms with van der Waals surface area (Å²) in [5.41, 5.74) is 3.50. The zero-order valence-electron chi connectivity index (χ0n) is 15.9. The second-order valence-corrected chi connectivity index (χ2v) is 7.80. The molecule has 27 heavy (non-hydrogen) atoms. The molecule has 1 saturated carbocycles. The molecule has 2 heteroatoms. The number of nitrogens with one attached hydrogen (secondary N) is 1. The number of hydrogen-bond acceptors (Lipinski definition) is 2. The lowest BCUT2D eigenvalue weighted by Gasteiger charge is -2.32. The predicted molar refractivity (Wildman–Crippen MR) is 112 cm³/mol. The Morgan fingerprint density at radius 1 is 0.963 bits per heavy atom. The lowest BCUT2D eigenvalue weighted by atomic mass is 9.81. The summed E-state index contributed by atoms with van der Waals surface area (Å²) in [5, 5.41) is 6.54. The van der Waals surface area contributed by atoms with Gasteiger partial charge in [0, 0.05) is 17.6 Å². The summed E-state index contributed by atoms with van der Waals surface area (Å²) >= 11 is 0. The van der Waals surface area contributed by atoms with Gasteiger partial charge in [0.05, 0.1) is 0 Å². The number of benzene rings is 3. The maximum atomic E-state index is 10.9. The average Bonchev–Trinajstić information content (AvgIpc) is 2.73. The summed E-state index contributed by atoms with van der Waals surface area (Å²) in [4.78, 5) is 10.9. The van der Waals surface area contributed by atoms with E-state index in [4.69, 9.17) is 0 Å². The van der Waals surface area contributed by atoms with Crippen LogP contribution in [0.2, 0.25) is 0 Å². The molecule has 0 aliphatic heterocycles. The molecular formula is C25H27NO. The molecule has 1 fully saturated rings. The molecule has 3 unspecified atom stereocenters. The normalized spacial score (nSPS) is 21.1. The highest BCUT2D eigenvalue weighted by atomic mass is 16.1. The van der Waals surface area contributed by atoms with E-state index < -0.39 is 0 Å². The zero-order chi connectivity index (χ0) is 18.6. The van der Waals surface area contributed by atoms with Gasteiger partial charge in [-0.25, -0.2) is 0 Å². The first-order chi connectivity index (χ1) is 13.2. The standard InChI is InChI=1S/C25H27NO/c1-18(24-11-5-7-21-6-2-3-10-25(21)24)26-23-9-4-8-22(16-23)20-14-12-19(17-27)13-15-20/h2-3,5-7,10-15,17-18,22-23,26H,4,8-9,16H2,1H3. The van der Waals surface area contributed by atoms with Crippen LogP contribution in [0, 0.1) is 0 Å². The summed E-state index contributed by atoms with van der Waals surface area (Å²) in [5.74, 6) is 0.580. The molecule has 0 spiro atoms. The molecule has 138 valence electrons. The largest absolute Gasteiger partial charge is 0.307 e. The fraction of sp³-hybridized carbons (Fsp3) is 0.320. The maximum absolute atomic E-state index is 10.9. The topological polar surface area (TPSA) is 29.1 Å². The van der Waals surface area contributed by atoms with Crippen molar-refractivity contribution in [2.75, 3.05) is 0 Å². The second kappa shape index (κ2) is 8.06. The van der Waals surface area contributed by atoms with Crippen LogP contribution in [0.15, 0.2) is 66.7 Å². The van der Waals surface area contributed by atoms with Crippen LogP contribution in [-0.4, -0.2) is 12.3 Å². The summed E-state index contributed by atoms with van der Waals surface area (Å²) in [7, 11) is 0. The Morgan fingerprint density at radius 3 is 2.56 bits per heavy atom. The molecule has 2 nitrogen and oxygen atoms in total.